The van der Waals surface area contributed by atoms with E-state index in [2.05, 4.69) is 20.6 Å². The predicted molar refractivity (Wildman–Crippen MR) is 95.8 cm³/mol. The Hall–Kier alpha value is -3.13. The molecule has 3 rings (SSSR count). The summed E-state index contributed by atoms with van der Waals surface area (Å²) in [6.07, 6.45) is 0. The second-order valence-corrected chi connectivity index (χ2v) is 5.96. The molecular weight excluding hydrogens is 381 g/mol. The number of halogens is 4. The Morgan fingerprint density at radius 1 is 1.00 bits per heavy atom. The van der Waals surface area contributed by atoms with Gasteiger partial charge in [0.2, 0.25) is 5.95 Å². The van der Waals surface area contributed by atoms with Crippen LogP contribution < -0.4 is 10.6 Å². The van der Waals surface area contributed by atoms with Crippen LogP contribution in [0, 0.1) is 24.4 Å². The Morgan fingerprint density at radius 3 is 2.41 bits per heavy atom. The summed E-state index contributed by atoms with van der Waals surface area (Å²) in [6, 6.07) is 9.66. The number of amides is 1. The lowest BCUT2D eigenvalue weighted by Gasteiger charge is -2.10. The van der Waals surface area contributed by atoms with Gasteiger partial charge in [-0.3, -0.25) is 4.79 Å². The lowest BCUT2D eigenvalue weighted by atomic mass is 10.2. The number of aryl methyl sites for hydroxylation is 1. The van der Waals surface area contributed by atoms with E-state index in [9.17, 15) is 18.0 Å². The van der Waals surface area contributed by atoms with Gasteiger partial charge in [-0.1, -0.05) is 11.6 Å². The third kappa shape index (κ3) is 4.35. The maximum absolute atomic E-state index is 13.8. The number of carbonyl (C=O) groups is 1. The van der Waals surface area contributed by atoms with E-state index in [1.807, 2.05) is 0 Å². The molecule has 1 amide bonds. The molecule has 2 N–H and O–H groups in total. The molecule has 3 aromatic rings. The summed E-state index contributed by atoms with van der Waals surface area (Å²) in [7, 11) is 0. The topological polar surface area (TPSA) is 66.9 Å². The summed E-state index contributed by atoms with van der Waals surface area (Å²) < 4.78 is 40.2. The van der Waals surface area contributed by atoms with Crippen molar-refractivity contribution in [3.63, 3.8) is 0 Å². The Balaban J connectivity index is 1.85. The first-order chi connectivity index (χ1) is 12.8. The smallest absolute Gasteiger partial charge is 0.274 e. The Labute approximate surface area is 157 Å². The van der Waals surface area contributed by atoms with Gasteiger partial charge in [-0.15, -0.1) is 0 Å². The van der Waals surface area contributed by atoms with Gasteiger partial charge in [0.15, 0.2) is 17.5 Å². The number of hydrogen-bond donors (Lipinski definition) is 2. The second-order valence-electron chi connectivity index (χ2n) is 5.53. The maximum atomic E-state index is 13.8. The largest absolute Gasteiger partial charge is 0.322 e. The van der Waals surface area contributed by atoms with Crippen molar-refractivity contribution < 1.29 is 18.0 Å². The molecule has 0 bridgehead atoms. The molecule has 0 unspecified atom stereocenters. The highest BCUT2D eigenvalue weighted by molar-refractivity contribution is 6.30. The summed E-state index contributed by atoms with van der Waals surface area (Å²) in [5, 5.41) is 5.60. The zero-order chi connectivity index (χ0) is 19.6. The number of nitrogens with zero attached hydrogens (tertiary/aromatic N) is 2. The van der Waals surface area contributed by atoms with E-state index >= 15 is 0 Å². The second kappa shape index (κ2) is 7.63. The van der Waals surface area contributed by atoms with Crippen LogP contribution in [0.3, 0.4) is 0 Å². The fraction of sp³-hybridized carbons (Fsp3) is 0.0556. The van der Waals surface area contributed by atoms with E-state index in [0.717, 1.165) is 12.1 Å². The third-order valence-electron chi connectivity index (χ3n) is 3.47. The van der Waals surface area contributed by atoms with Gasteiger partial charge in [0.05, 0.1) is 5.69 Å². The predicted octanol–water partition coefficient (Wildman–Crippen LogP) is 4.85. The lowest BCUT2D eigenvalue weighted by molar-refractivity contribution is 0.102. The van der Waals surface area contributed by atoms with Crippen molar-refractivity contribution in [2.75, 3.05) is 10.6 Å². The standard InChI is InChI=1S/C18H12ClF3N4O/c1-9-8-14(17(27)24-11-4-2-10(19)3-5-11)26-18(23-9)25-13-7-6-12(20)15(21)16(13)22/h2-8H,1H3,(H,24,27)(H,23,25,26). The van der Waals surface area contributed by atoms with Gasteiger partial charge >= 0.3 is 0 Å². The van der Waals surface area contributed by atoms with Gasteiger partial charge in [0.25, 0.3) is 5.91 Å². The molecule has 0 radical (unpaired) electrons. The quantitative estimate of drug-likeness (QED) is 0.623. The van der Waals surface area contributed by atoms with Gasteiger partial charge in [0, 0.05) is 16.4 Å². The van der Waals surface area contributed by atoms with Crippen molar-refractivity contribution in [1.82, 2.24) is 9.97 Å². The SMILES string of the molecule is Cc1cc(C(=O)Nc2ccc(Cl)cc2)nc(Nc2ccc(F)c(F)c2F)n1. The van der Waals surface area contributed by atoms with Crippen molar-refractivity contribution in [1.29, 1.82) is 0 Å². The van der Waals surface area contributed by atoms with Crippen LogP contribution in [0.4, 0.5) is 30.5 Å². The minimum atomic E-state index is -1.62. The van der Waals surface area contributed by atoms with E-state index < -0.39 is 23.4 Å². The minimum absolute atomic E-state index is 0.00272. The lowest BCUT2D eigenvalue weighted by Crippen LogP contribution is -2.15. The first kappa shape index (κ1) is 18.7. The molecule has 0 fully saturated rings. The monoisotopic (exact) mass is 392 g/mol. The molecule has 5 nitrogen and oxygen atoms in total. The summed E-state index contributed by atoms with van der Waals surface area (Å²) in [5.74, 6) is -5.01. The molecule has 0 spiro atoms. The van der Waals surface area contributed by atoms with Gasteiger partial charge in [0.1, 0.15) is 5.69 Å². The summed E-state index contributed by atoms with van der Waals surface area (Å²) in [5.41, 5.74) is 0.560. The van der Waals surface area contributed by atoms with E-state index in [4.69, 9.17) is 11.6 Å². The van der Waals surface area contributed by atoms with Gasteiger partial charge < -0.3 is 10.6 Å². The van der Waals surface area contributed by atoms with Crippen molar-refractivity contribution in [3.05, 3.63) is 76.3 Å². The molecule has 27 heavy (non-hydrogen) atoms. The van der Waals surface area contributed by atoms with Crippen LogP contribution in [0.2, 0.25) is 5.02 Å². The van der Waals surface area contributed by atoms with Gasteiger partial charge in [-0.2, -0.15) is 0 Å². The molecule has 1 heterocycles. The number of nitrogens with one attached hydrogen (secondary N) is 2. The normalized spacial score (nSPS) is 10.6. The zero-order valence-electron chi connectivity index (χ0n) is 13.9. The molecule has 0 aliphatic rings. The van der Waals surface area contributed by atoms with Crippen LogP contribution >= 0.6 is 11.6 Å². The number of anilines is 3. The van der Waals surface area contributed by atoms with E-state index in [1.165, 1.54) is 6.07 Å². The number of carbonyl (C=O) groups excluding carboxylic acids is 1. The van der Waals surface area contributed by atoms with Crippen molar-refractivity contribution in [2.45, 2.75) is 6.92 Å². The summed E-state index contributed by atoms with van der Waals surface area (Å²) >= 11 is 5.80. The van der Waals surface area contributed by atoms with E-state index in [1.54, 1.807) is 31.2 Å². The van der Waals surface area contributed by atoms with Gasteiger partial charge in [-0.25, -0.2) is 23.1 Å². The highest BCUT2D eigenvalue weighted by atomic mass is 35.5. The van der Waals surface area contributed by atoms with E-state index in [-0.39, 0.29) is 17.3 Å². The first-order valence-corrected chi connectivity index (χ1v) is 8.04. The molecule has 0 aliphatic heterocycles. The number of rotatable bonds is 4. The van der Waals surface area contributed by atoms with Crippen LogP contribution in [0.25, 0.3) is 0 Å². The van der Waals surface area contributed by atoms with Crippen LogP contribution in [0.1, 0.15) is 16.2 Å². The molecule has 9 heteroatoms. The highest BCUT2D eigenvalue weighted by Gasteiger charge is 2.16. The molecule has 0 saturated carbocycles. The van der Waals surface area contributed by atoms with Crippen molar-refractivity contribution in [3.8, 4) is 0 Å². The first-order valence-electron chi connectivity index (χ1n) is 7.66. The molecular formula is C18H12ClF3N4O. The molecule has 1 aromatic heterocycles. The van der Waals surface area contributed by atoms with Gasteiger partial charge in [-0.05, 0) is 49.4 Å². The van der Waals surface area contributed by atoms with Crippen LogP contribution in [-0.4, -0.2) is 15.9 Å². The number of aromatic nitrogens is 2. The number of benzene rings is 2. The molecule has 0 atom stereocenters. The summed E-state index contributed by atoms with van der Waals surface area (Å²) in [6.45, 7) is 1.60. The van der Waals surface area contributed by atoms with Crippen LogP contribution in [-0.2, 0) is 0 Å². The number of hydrogen-bond acceptors (Lipinski definition) is 4. The van der Waals surface area contributed by atoms with Crippen LogP contribution in [0.5, 0.6) is 0 Å². The maximum Gasteiger partial charge on any atom is 0.274 e. The summed E-state index contributed by atoms with van der Waals surface area (Å²) in [4.78, 5) is 20.4. The Bertz CT molecular complexity index is 1010. The van der Waals surface area contributed by atoms with Crippen molar-refractivity contribution >= 4 is 34.8 Å². The average molecular weight is 393 g/mol. The molecule has 2 aromatic carbocycles. The Kier molecular flexibility index (Phi) is 5.27. The minimum Gasteiger partial charge on any atom is -0.322 e. The third-order valence-corrected chi connectivity index (χ3v) is 3.72. The van der Waals surface area contributed by atoms with Crippen molar-refractivity contribution in [2.24, 2.45) is 0 Å². The molecule has 0 saturated heterocycles. The fourth-order valence-corrected chi connectivity index (χ4v) is 2.34. The van der Waals surface area contributed by atoms with E-state index in [0.29, 0.717) is 16.4 Å². The van der Waals surface area contributed by atoms with Crippen LogP contribution in [0.15, 0.2) is 42.5 Å². The highest BCUT2D eigenvalue weighted by Crippen LogP contribution is 2.22. The Morgan fingerprint density at radius 2 is 1.70 bits per heavy atom. The fourth-order valence-electron chi connectivity index (χ4n) is 2.21. The zero-order valence-corrected chi connectivity index (χ0v) is 14.6. The molecule has 0 aliphatic carbocycles. The molecule has 138 valence electrons. The average Bonchev–Trinajstić information content (AvgIpc) is 2.63.